The minimum absolute atomic E-state index is 0.0612. The summed E-state index contributed by atoms with van der Waals surface area (Å²) < 4.78 is 4.95. The van der Waals surface area contributed by atoms with Crippen molar-refractivity contribution >= 4 is 11.5 Å². The number of oxime groups is 1. The number of ether oxygens (including phenoxy) is 1. The number of hydrogen-bond acceptors (Lipinski definition) is 5. The molecule has 0 saturated heterocycles. The Bertz CT molecular complexity index is 350. The molecule has 1 heterocycles. The molecule has 0 bridgehead atoms. The van der Waals surface area contributed by atoms with Gasteiger partial charge in [-0.15, -0.1) is 0 Å². The van der Waals surface area contributed by atoms with E-state index in [-0.39, 0.29) is 11.9 Å². The normalized spacial score (nSPS) is 13.2. The lowest BCUT2D eigenvalue weighted by Gasteiger charge is -2.14. The average Bonchev–Trinajstić information content (AvgIpc) is 2.29. The zero-order chi connectivity index (χ0) is 12.0. The summed E-state index contributed by atoms with van der Waals surface area (Å²) in [5.74, 6) is 0.760. The van der Waals surface area contributed by atoms with Crippen LogP contribution in [-0.2, 0) is 0 Å². The fourth-order valence-corrected chi connectivity index (χ4v) is 1.28. The maximum atomic E-state index is 8.42. The van der Waals surface area contributed by atoms with Crippen LogP contribution in [0.2, 0.25) is 0 Å². The van der Waals surface area contributed by atoms with Gasteiger partial charge in [0.05, 0.1) is 19.0 Å². The van der Waals surface area contributed by atoms with Crippen molar-refractivity contribution in [3.05, 3.63) is 18.3 Å². The second kappa shape index (κ2) is 5.79. The maximum absolute atomic E-state index is 8.42. The van der Waals surface area contributed by atoms with Crippen LogP contribution in [0.5, 0.6) is 5.88 Å². The van der Waals surface area contributed by atoms with Crippen molar-refractivity contribution in [3.8, 4) is 5.88 Å². The molecule has 6 nitrogen and oxygen atoms in total. The molecule has 0 aliphatic rings. The number of nitrogens with two attached hydrogens (primary N) is 1. The van der Waals surface area contributed by atoms with Gasteiger partial charge in [0.2, 0.25) is 5.88 Å². The van der Waals surface area contributed by atoms with E-state index in [1.165, 1.54) is 0 Å². The molecule has 1 aromatic rings. The van der Waals surface area contributed by atoms with Gasteiger partial charge in [-0.25, -0.2) is 4.98 Å². The number of nitrogens with one attached hydrogen (secondary N) is 1. The maximum Gasteiger partial charge on any atom is 0.213 e. The number of anilines is 1. The molecule has 1 rings (SSSR count). The van der Waals surface area contributed by atoms with Gasteiger partial charge >= 0.3 is 0 Å². The van der Waals surface area contributed by atoms with Crippen molar-refractivity contribution in [3.63, 3.8) is 0 Å². The summed E-state index contributed by atoms with van der Waals surface area (Å²) in [4.78, 5) is 4.05. The summed E-state index contributed by atoms with van der Waals surface area (Å²) in [5.41, 5.74) is 6.26. The minimum atomic E-state index is 0.0612. The molecule has 1 unspecified atom stereocenters. The van der Waals surface area contributed by atoms with E-state index in [1.54, 1.807) is 19.4 Å². The smallest absolute Gasteiger partial charge is 0.213 e. The lowest BCUT2D eigenvalue weighted by molar-refractivity contribution is 0.316. The molecular weight excluding hydrogens is 208 g/mol. The van der Waals surface area contributed by atoms with E-state index in [0.717, 1.165) is 5.69 Å². The first-order valence-corrected chi connectivity index (χ1v) is 4.88. The topological polar surface area (TPSA) is 92.8 Å². The van der Waals surface area contributed by atoms with E-state index in [2.05, 4.69) is 15.5 Å². The molecule has 6 heteroatoms. The van der Waals surface area contributed by atoms with Gasteiger partial charge in [0.1, 0.15) is 5.84 Å². The molecule has 16 heavy (non-hydrogen) atoms. The van der Waals surface area contributed by atoms with Gasteiger partial charge in [0.15, 0.2) is 0 Å². The minimum Gasteiger partial charge on any atom is -0.481 e. The summed E-state index contributed by atoms with van der Waals surface area (Å²) in [6, 6.07) is 3.68. The fraction of sp³-hybridized carbons (Fsp3) is 0.400. The van der Waals surface area contributed by atoms with Crippen LogP contribution in [0.3, 0.4) is 0 Å². The van der Waals surface area contributed by atoms with Gasteiger partial charge in [-0.3, -0.25) is 0 Å². The monoisotopic (exact) mass is 224 g/mol. The number of nitrogens with zero attached hydrogens (tertiary/aromatic N) is 2. The highest BCUT2D eigenvalue weighted by atomic mass is 16.5. The summed E-state index contributed by atoms with van der Waals surface area (Å²) >= 11 is 0. The van der Waals surface area contributed by atoms with Gasteiger partial charge in [0, 0.05) is 18.5 Å². The standard InChI is InChI=1S/C10H16N4O2/c1-7(5-9(11)14-15)13-8-3-4-10(16-2)12-6-8/h3-4,6-7,13,15H,5H2,1-2H3,(H2,11,14). The first-order chi connectivity index (χ1) is 7.65. The lowest BCUT2D eigenvalue weighted by atomic mass is 10.2. The molecule has 88 valence electrons. The van der Waals surface area contributed by atoms with Crippen molar-refractivity contribution < 1.29 is 9.94 Å². The number of amidine groups is 1. The second-order valence-corrected chi connectivity index (χ2v) is 3.43. The number of methoxy groups -OCH3 is 1. The summed E-state index contributed by atoms with van der Waals surface area (Å²) in [6.45, 7) is 1.93. The molecule has 0 radical (unpaired) electrons. The van der Waals surface area contributed by atoms with Crippen LogP contribution in [0.25, 0.3) is 0 Å². The Labute approximate surface area is 94.1 Å². The quantitative estimate of drug-likeness (QED) is 0.300. The Morgan fingerprint density at radius 2 is 2.44 bits per heavy atom. The Hall–Kier alpha value is -1.98. The van der Waals surface area contributed by atoms with E-state index < -0.39 is 0 Å². The van der Waals surface area contributed by atoms with Gasteiger partial charge in [0.25, 0.3) is 0 Å². The Morgan fingerprint density at radius 1 is 1.69 bits per heavy atom. The van der Waals surface area contributed by atoms with E-state index in [9.17, 15) is 0 Å². The molecular formula is C10H16N4O2. The van der Waals surface area contributed by atoms with Gasteiger partial charge in [-0.05, 0) is 13.0 Å². The number of pyridine rings is 1. The van der Waals surface area contributed by atoms with Crippen LogP contribution < -0.4 is 15.8 Å². The Kier molecular flexibility index (Phi) is 4.38. The van der Waals surface area contributed by atoms with Crippen LogP contribution in [0.1, 0.15) is 13.3 Å². The van der Waals surface area contributed by atoms with Crippen molar-refractivity contribution in [2.45, 2.75) is 19.4 Å². The number of rotatable bonds is 5. The van der Waals surface area contributed by atoms with E-state index in [0.29, 0.717) is 12.3 Å². The SMILES string of the molecule is COc1ccc(NC(C)CC(N)=NO)cn1. The summed E-state index contributed by atoms with van der Waals surface area (Å²) in [7, 11) is 1.57. The van der Waals surface area contributed by atoms with Crippen molar-refractivity contribution in [1.29, 1.82) is 0 Å². The van der Waals surface area contributed by atoms with Gasteiger partial charge in [-0.1, -0.05) is 5.16 Å². The van der Waals surface area contributed by atoms with Crippen molar-refractivity contribution in [1.82, 2.24) is 4.98 Å². The van der Waals surface area contributed by atoms with Gasteiger partial charge in [-0.2, -0.15) is 0 Å². The second-order valence-electron chi connectivity index (χ2n) is 3.43. The van der Waals surface area contributed by atoms with Gasteiger partial charge < -0.3 is 21.0 Å². The molecule has 0 aliphatic carbocycles. The summed E-state index contributed by atoms with van der Waals surface area (Å²) in [6.07, 6.45) is 2.13. The molecule has 0 fully saturated rings. The molecule has 4 N–H and O–H groups in total. The predicted molar refractivity (Wildman–Crippen MR) is 61.9 cm³/mol. The van der Waals surface area contributed by atoms with Crippen molar-refractivity contribution in [2.75, 3.05) is 12.4 Å². The number of aromatic nitrogens is 1. The van der Waals surface area contributed by atoms with Crippen molar-refractivity contribution in [2.24, 2.45) is 10.9 Å². The van der Waals surface area contributed by atoms with Crippen LogP contribution in [-0.4, -0.2) is 29.2 Å². The highest BCUT2D eigenvalue weighted by Crippen LogP contribution is 2.12. The highest BCUT2D eigenvalue weighted by Gasteiger charge is 2.05. The zero-order valence-electron chi connectivity index (χ0n) is 9.34. The van der Waals surface area contributed by atoms with Crippen LogP contribution in [0, 0.1) is 0 Å². The molecule has 1 atom stereocenters. The highest BCUT2D eigenvalue weighted by molar-refractivity contribution is 5.80. The Balaban J connectivity index is 2.52. The number of hydrogen-bond donors (Lipinski definition) is 3. The predicted octanol–water partition coefficient (Wildman–Crippen LogP) is 1.03. The molecule has 0 spiro atoms. The summed E-state index contributed by atoms with van der Waals surface area (Å²) in [5, 5.41) is 14.5. The third-order valence-corrected chi connectivity index (χ3v) is 2.00. The van der Waals surface area contributed by atoms with Crippen LogP contribution in [0.4, 0.5) is 5.69 Å². The molecule has 0 aliphatic heterocycles. The fourth-order valence-electron chi connectivity index (χ4n) is 1.28. The van der Waals surface area contributed by atoms with Crippen LogP contribution in [0.15, 0.2) is 23.5 Å². The Morgan fingerprint density at radius 3 is 2.94 bits per heavy atom. The van der Waals surface area contributed by atoms with E-state index in [4.69, 9.17) is 15.7 Å². The average molecular weight is 224 g/mol. The first kappa shape index (κ1) is 12.1. The third kappa shape index (κ3) is 3.64. The molecule has 1 aromatic heterocycles. The lowest BCUT2D eigenvalue weighted by Crippen LogP contribution is -2.24. The first-order valence-electron chi connectivity index (χ1n) is 4.88. The third-order valence-electron chi connectivity index (χ3n) is 2.00. The largest absolute Gasteiger partial charge is 0.481 e. The van der Waals surface area contributed by atoms with Crippen LogP contribution >= 0.6 is 0 Å². The van der Waals surface area contributed by atoms with E-state index in [1.807, 2.05) is 13.0 Å². The molecule has 0 saturated carbocycles. The molecule has 0 aromatic carbocycles. The zero-order valence-corrected chi connectivity index (χ0v) is 9.34. The molecule has 0 amide bonds. The van der Waals surface area contributed by atoms with E-state index >= 15 is 0 Å².